The molecule has 4 nitrogen and oxygen atoms in total. The van der Waals surface area contributed by atoms with Crippen molar-refractivity contribution in [3.05, 3.63) is 18.0 Å². The second kappa shape index (κ2) is 5.22. The van der Waals surface area contributed by atoms with E-state index >= 15 is 0 Å². The molecule has 1 aliphatic rings. The van der Waals surface area contributed by atoms with Crippen molar-refractivity contribution in [3.63, 3.8) is 0 Å². The molecule has 1 aromatic rings. The van der Waals surface area contributed by atoms with Gasteiger partial charge in [0.25, 0.3) is 0 Å². The first-order chi connectivity index (χ1) is 8.58. The molecule has 0 radical (unpaired) electrons. The summed E-state index contributed by atoms with van der Waals surface area (Å²) in [5.74, 6) is 0.348. The molecule has 0 unspecified atom stereocenters. The minimum absolute atomic E-state index is 0.228. The molecule has 0 N–H and O–H groups in total. The van der Waals surface area contributed by atoms with Crippen molar-refractivity contribution < 1.29 is 4.79 Å². The number of carbonyl (C=O) groups is 1. The largest absolute Gasteiger partial charge is 0.297 e. The average molecular weight is 249 g/mol. The molecule has 0 atom stereocenters. The molecule has 0 aromatic carbocycles. The Morgan fingerprint density at radius 2 is 2.11 bits per heavy atom. The Hall–Kier alpha value is -1.16. The van der Waals surface area contributed by atoms with Gasteiger partial charge in [-0.25, -0.2) is 0 Å². The molecule has 1 saturated carbocycles. The van der Waals surface area contributed by atoms with Crippen molar-refractivity contribution in [1.29, 1.82) is 0 Å². The van der Waals surface area contributed by atoms with Crippen LogP contribution in [0.2, 0.25) is 0 Å². The zero-order chi connectivity index (χ0) is 13.2. The summed E-state index contributed by atoms with van der Waals surface area (Å²) in [4.78, 5) is 14.7. The second-order valence-corrected chi connectivity index (χ2v) is 5.44. The third-order valence-corrected chi connectivity index (χ3v) is 4.18. The third kappa shape index (κ3) is 2.34. The van der Waals surface area contributed by atoms with Crippen LogP contribution in [-0.2, 0) is 17.8 Å². The molecule has 1 aromatic heterocycles. The number of aryl methyl sites for hydroxylation is 1. The molecule has 100 valence electrons. The highest BCUT2D eigenvalue weighted by Crippen LogP contribution is 2.35. The number of aromatic nitrogens is 2. The van der Waals surface area contributed by atoms with Gasteiger partial charge in [0.2, 0.25) is 0 Å². The van der Waals surface area contributed by atoms with Crippen LogP contribution in [0.3, 0.4) is 0 Å². The summed E-state index contributed by atoms with van der Waals surface area (Å²) in [7, 11) is 4.05. The summed E-state index contributed by atoms with van der Waals surface area (Å²) in [6.07, 6.45) is 8.64. The quantitative estimate of drug-likeness (QED) is 0.800. The number of hydrogen-bond donors (Lipinski definition) is 0. The lowest BCUT2D eigenvalue weighted by Crippen LogP contribution is -2.49. The summed E-state index contributed by atoms with van der Waals surface area (Å²) >= 11 is 0. The Morgan fingerprint density at radius 1 is 1.44 bits per heavy atom. The molecule has 0 saturated heterocycles. The molecule has 0 amide bonds. The molecule has 0 bridgehead atoms. The van der Waals surface area contributed by atoms with E-state index in [0.29, 0.717) is 12.2 Å². The number of nitrogens with zero attached hydrogens (tertiary/aromatic N) is 3. The fourth-order valence-electron chi connectivity index (χ4n) is 2.96. The maximum absolute atomic E-state index is 12.6. The molecular weight excluding hydrogens is 226 g/mol. The highest BCUT2D eigenvalue weighted by Gasteiger charge is 2.42. The number of carbonyl (C=O) groups excluding carboxylic acids is 1. The fourth-order valence-corrected chi connectivity index (χ4v) is 2.96. The minimum atomic E-state index is -0.228. The molecule has 4 heteroatoms. The first-order valence-electron chi connectivity index (χ1n) is 6.80. The molecular formula is C14H23N3O. The van der Waals surface area contributed by atoms with E-state index in [1.54, 1.807) is 0 Å². The number of Topliss-reactive ketones (excluding diaryl/α,β-unsaturated/α-hetero) is 1. The van der Waals surface area contributed by atoms with E-state index in [0.717, 1.165) is 37.8 Å². The SMILES string of the molecule is CCn1cc(CC(=O)C2(N(C)C)CCCC2)cn1. The van der Waals surface area contributed by atoms with Gasteiger partial charge in [-0.05, 0) is 39.4 Å². The van der Waals surface area contributed by atoms with Gasteiger partial charge in [0, 0.05) is 19.2 Å². The molecule has 18 heavy (non-hydrogen) atoms. The summed E-state index contributed by atoms with van der Waals surface area (Å²) in [5.41, 5.74) is 0.809. The van der Waals surface area contributed by atoms with Crippen LogP contribution in [0.15, 0.2) is 12.4 Å². The Bertz CT molecular complexity index is 416. The van der Waals surface area contributed by atoms with Crippen LogP contribution >= 0.6 is 0 Å². The van der Waals surface area contributed by atoms with Crippen LogP contribution in [0.4, 0.5) is 0 Å². The van der Waals surface area contributed by atoms with Crippen LogP contribution in [-0.4, -0.2) is 40.1 Å². The van der Waals surface area contributed by atoms with Gasteiger partial charge in [-0.1, -0.05) is 12.8 Å². The van der Waals surface area contributed by atoms with E-state index in [2.05, 4.69) is 16.9 Å². The number of hydrogen-bond acceptors (Lipinski definition) is 3. The van der Waals surface area contributed by atoms with Crippen LogP contribution in [0.5, 0.6) is 0 Å². The van der Waals surface area contributed by atoms with Crippen molar-refractivity contribution in [2.75, 3.05) is 14.1 Å². The first-order valence-corrected chi connectivity index (χ1v) is 6.80. The van der Waals surface area contributed by atoms with E-state index in [-0.39, 0.29) is 5.54 Å². The van der Waals surface area contributed by atoms with Crippen molar-refractivity contribution in [1.82, 2.24) is 14.7 Å². The van der Waals surface area contributed by atoms with Gasteiger partial charge in [-0.15, -0.1) is 0 Å². The molecule has 1 heterocycles. The van der Waals surface area contributed by atoms with E-state index in [1.165, 1.54) is 0 Å². The maximum Gasteiger partial charge on any atom is 0.157 e. The maximum atomic E-state index is 12.6. The average Bonchev–Trinajstić information content (AvgIpc) is 2.97. The van der Waals surface area contributed by atoms with Gasteiger partial charge in [-0.2, -0.15) is 5.10 Å². The highest BCUT2D eigenvalue weighted by atomic mass is 16.1. The molecule has 2 rings (SSSR count). The lowest BCUT2D eigenvalue weighted by atomic mass is 9.87. The highest BCUT2D eigenvalue weighted by molar-refractivity contribution is 5.90. The predicted molar refractivity (Wildman–Crippen MR) is 71.5 cm³/mol. The van der Waals surface area contributed by atoms with E-state index in [1.807, 2.05) is 31.2 Å². The summed E-state index contributed by atoms with van der Waals surface area (Å²) in [6.45, 7) is 2.91. The lowest BCUT2D eigenvalue weighted by molar-refractivity contribution is -0.128. The first kappa shape index (κ1) is 13.3. The van der Waals surface area contributed by atoms with Gasteiger partial charge < -0.3 is 0 Å². The summed E-state index contributed by atoms with van der Waals surface area (Å²) < 4.78 is 1.87. The Kier molecular flexibility index (Phi) is 3.85. The Balaban J connectivity index is 2.10. The van der Waals surface area contributed by atoms with E-state index in [4.69, 9.17) is 0 Å². The normalized spacial score (nSPS) is 18.4. The standard InChI is InChI=1S/C14H23N3O/c1-4-17-11-12(10-15-17)9-13(18)14(16(2)3)7-5-6-8-14/h10-11H,4-9H2,1-3H3. The van der Waals surface area contributed by atoms with Gasteiger partial charge >= 0.3 is 0 Å². The fraction of sp³-hybridized carbons (Fsp3) is 0.714. The second-order valence-electron chi connectivity index (χ2n) is 5.44. The zero-order valence-electron chi connectivity index (χ0n) is 11.6. The predicted octanol–water partition coefficient (Wildman–Crippen LogP) is 1.89. The van der Waals surface area contributed by atoms with E-state index in [9.17, 15) is 4.79 Å². The monoisotopic (exact) mass is 249 g/mol. The summed E-state index contributed by atoms with van der Waals surface area (Å²) in [6, 6.07) is 0. The number of likely N-dealkylation sites (N-methyl/N-ethyl adjacent to an activating group) is 1. The van der Waals surface area contributed by atoms with Gasteiger partial charge in [0.1, 0.15) is 0 Å². The molecule has 1 fully saturated rings. The molecule has 1 aliphatic carbocycles. The zero-order valence-corrected chi connectivity index (χ0v) is 11.6. The van der Waals surface area contributed by atoms with Crippen LogP contribution in [0, 0.1) is 0 Å². The van der Waals surface area contributed by atoms with Crippen LogP contribution < -0.4 is 0 Å². The van der Waals surface area contributed by atoms with Crippen molar-refractivity contribution in [3.8, 4) is 0 Å². The molecule has 0 spiro atoms. The summed E-state index contributed by atoms with van der Waals surface area (Å²) in [5, 5.41) is 4.23. The smallest absolute Gasteiger partial charge is 0.157 e. The van der Waals surface area contributed by atoms with Gasteiger partial charge in [-0.3, -0.25) is 14.4 Å². The lowest BCUT2D eigenvalue weighted by Gasteiger charge is -2.34. The van der Waals surface area contributed by atoms with Gasteiger partial charge in [0.15, 0.2) is 5.78 Å². The Morgan fingerprint density at radius 3 is 2.61 bits per heavy atom. The third-order valence-electron chi connectivity index (χ3n) is 4.18. The van der Waals surface area contributed by atoms with Crippen molar-refractivity contribution in [2.24, 2.45) is 0 Å². The minimum Gasteiger partial charge on any atom is -0.297 e. The Labute approximate surface area is 109 Å². The number of ketones is 1. The van der Waals surface area contributed by atoms with Crippen molar-refractivity contribution >= 4 is 5.78 Å². The van der Waals surface area contributed by atoms with Gasteiger partial charge in [0.05, 0.1) is 11.7 Å². The number of rotatable bonds is 5. The van der Waals surface area contributed by atoms with E-state index < -0.39 is 0 Å². The van der Waals surface area contributed by atoms with Crippen LogP contribution in [0.1, 0.15) is 38.2 Å². The van der Waals surface area contributed by atoms with Crippen molar-refractivity contribution in [2.45, 2.75) is 51.1 Å². The van der Waals surface area contributed by atoms with Crippen LogP contribution in [0.25, 0.3) is 0 Å². The topological polar surface area (TPSA) is 38.1 Å². The molecule has 0 aliphatic heterocycles.